The predicted octanol–water partition coefficient (Wildman–Crippen LogP) is 4.98. The first-order chi connectivity index (χ1) is 15.0. The second-order valence-corrected chi connectivity index (χ2v) is 9.20. The standard InChI is InChI=1S/C25H31N3O2S/c1-4-20-10-11-21-22(17-20)31-25(26-21)28-14-12-27(13-15-28)23(29)9-6-16-30-24-18(2)7-5-8-19(24)3/h5,7-8,10-11,17H,4,6,9,12-16H2,1-3H3. The molecule has 0 spiro atoms. The van der Waals surface area contributed by atoms with Crippen molar-refractivity contribution in [3.63, 3.8) is 0 Å². The van der Waals surface area contributed by atoms with Gasteiger partial charge in [0.1, 0.15) is 5.75 Å². The highest BCUT2D eigenvalue weighted by molar-refractivity contribution is 7.22. The van der Waals surface area contributed by atoms with Crippen LogP contribution < -0.4 is 9.64 Å². The van der Waals surface area contributed by atoms with Crippen molar-refractivity contribution < 1.29 is 9.53 Å². The first-order valence-corrected chi connectivity index (χ1v) is 12.0. The van der Waals surface area contributed by atoms with Gasteiger partial charge in [-0.25, -0.2) is 4.98 Å². The molecule has 2 heterocycles. The molecule has 1 aliphatic heterocycles. The molecule has 164 valence electrons. The zero-order chi connectivity index (χ0) is 21.8. The summed E-state index contributed by atoms with van der Waals surface area (Å²) in [6, 6.07) is 12.7. The molecular formula is C25H31N3O2S. The molecule has 0 atom stereocenters. The van der Waals surface area contributed by atoms with E-state index in [2.05, 4.69) is 56.0 Å². The van der Waals surface area contributed by atoms with E-state index in [1.54, 1.807) is 11.3 Å². The highest BCUT2D eigenvalue weighted by Gasteiger charge is 2.23. The van der Waals surface area contributed by atoms with Gasteiger partial charge in [-0.2, -0.15) is 0 Å². The molecule has 4 rings (SSSR count). The fraction of sp³-hybridized carbons (Fsp3) is 0.440. The Bertz CT molecular complexity index is 1030. The summed E-state index contributed by atoms with van der Waals surface area (Å²) in [5.74, 6) is 1.17. The van der Waals surface area contributed by atoms with Gasteiger partial charge in [-0.05, 0) is 55.5 Å². The average molecular weight is 438 g/mol. The molecule has 0 bridgehead atoms. The molecule has 1 fully saturated rings. The van der Waals surface area contributed by atoms with Crippen LogP contribution in [0.5, 0.6) is 5.75 Å². The summed E-state index contributed by atoms with van der Waals surface area (Å²) >= 11 is 1.75. The second kappa shape index (κ2) is 9.69. The molecule has 5 nitrogen and oxygen atoms in total. The molecule has 1 saturated heterocycles. The molecule has 0 radical (unpaired) electrons. The van der Waals surface area contributed by atoms with Crippen LogP contribution in [0, 0.1) is 13.8 Å². The molecular weight excluding hydrogens is 406 g/mol. The number of hydrogen-bond donors (Lipinski definition) is 0. The molecule has 1 aliphatic rings. The third-order valence-electron chi connectivity index (χ3n) is 5.94. The third kappa shape index (κ3) is 5.01. The summed E-state index contributed by atoms with van der Waals surface area (Å²) in [4.78, 5) is 21.7. The van der Waals surface area contributed by atoms with Gasteiger partial charge in [0.25, 0.3) is 0 Å². The minimum absolute atomic E-state index is 0.224. The number of aromatic nitrogens is 1. The van der Waals surface area contributed by atoms with Gasteiger partial charge < -0.3 is 14.5 Å². The maximum absolute atomic E-state index is 12.6. The van der Waals surface area contributed by atoms with Gasteiger partial charge in [-0.15, -0.1) is 0 Å². The van der Waals surface area contributed by atoms with Gasteiger partial charge in [0.05, 0.1) is 16.8 Å². The van der Waals surface area contributed by atoms with E-state index in [0.29, 0.717) is 13.0 Å². The summed E-state index contributed by atoms with van der Waals surface area (Å²) in [6.07, 6.45) is 2.32. The molecule has 1 aromatic heterocycles. The number of aryl methyl sites for hydroxylation is 3. The number of hydrogen-bond acceptors (Lipinski definition) is 5. The summed E-state index contributed by atoms with van der Waals surface area (Å²) in [5, 5.41) is 1.07. The SMILES string of the molecule is CCc1ccc2nc(N3CCN(C(=O)CCCOc4c(C)cccc4C)CC3)sc2c1. The van der Waals surface area contributed by atoms with Crippen LogP contribution >= 0.6 is 11.3 Å². The molecule has 1 amide bonds. The number of fused-ring (bicyclic) bond motifs is 1. The van der Waals surface area contributed by atoms with Crippen molar-refractivity contribution in [3.8, 4) is 5.75 Å². The van der Waals surface area contributed by atoms with Crippen molar-refractivity contribution in [1.82, 2.24) is 9.88 Å². The first-order valence-electron chi connectivity index (χ1n) is 11.2. The van der Waals surface area contributed by atoms with E-state index in [-0.39, 0.29) is 5.91 Å². The molecule has 2 aromatic carbocycles. The number of anilines is 1. The zero-order valence-electron chi connectivity index (χ0n) is 18.7. The highest BCUT2D eigenvalue weighted by Crippen LogP contribution is 2.30. The Morgan fingerprint density at radius 2 is 1.84 bits per heavy atom. The number of thiazole rings is 1. The first kappa shape index (κ1) is 21.6. The maximum atomic E-state index is 12.6. The number of amides is 1. The molecule has 0 N–H and O–H groups in total. The Hall–Kier alpha value is -2.60. The summed E-state index contributed by atoms with van der Waals surface area (Å²) in [6.45, 7) is 10.1. The summed E-state index contributed by atoms with van der Waals surface area (Å²) in [7, 11) is 0. The highest BCUT2D eigenvalue weighted by atomic mass is 32.1. The van der Waals surface area contributed by atoms with Crippen LogP contribution in [0.4, 0.5) is 5.13 Å². The van der Waals surface area contributed by atoms with Crippen LogP contribution in [-0.2, 0) is 11.2 Å². The Labute approximate surface area is 188 Å². The normalized spacial score (nSPS) is 14.3. The minimum Gasteiger partial charge on any atom is -0.493 e. The molecule has 0 aliphatic carbocycles. The fourth-order valence-corrected chi connectivity index (χ4v) is 5.12. The van der Waals surface area contributed by atoms with E-state index < -0.39 is 0 Å². The topological polar surface area (TPSA) is 45.7 Å². The van der Waals surface area contributed by atoms with Crippen LogP contribution in [0.1, 0.15) is 36.5 Å². The average Bonchev–Trinajstić information content (AvgIpc) is 3.21. The van der Waals surface area contributed by atoms with Crippen LogP contribution in [0.15, 0.2) is 36.4 Å². The van der Waals surface area contributed by atoms with Gasteiger partial charge in [-0.1, -0.05) is 42.5 Å². The lowest BCUT2D eigenvalue weighted by Gasteiger charge is -2.34. The van der Waals surface area contributed by atoms with Crippen LogP contribution in [0.25, 0.3) is 10.2 Å². The lowest BCUT2D eigenvalue weighted by Crippen LogP contribution is -2.48. The van der Waals surface area contributed by atoms with Crippen LogP contribution in [-0.4, -0.2) is 48.6 Å². The Kier molecular flexibility index (Phi) is 6.76. The van der Waals surface area contributed by atoms with Gasteiger partial charge in [-0.3, -0.25) is 4.79 Å². The molecule has 31 heavy (non-hydrogen) atoms. The van der Waals surface area contributed by atoms with Gasteiger partial charge in [0.15, 0.2) is 5.13 Å². The lowest BCUT2D eigenvalue weighted by atomic mass is 10.1. The maximum Gasteiger partial charge on any atom is 0.222 e. The number of nitrogens with zero attached hydrogens (tertiary/aromatic N) is 3. The number of ether oxygens (including phenoxy) is 1. The minimum atomic E-state index is 0.224. The smallest absolute Gasteiger partial charge is 0.222 e. The Balaban J connectivity index is 1.24. The number of carbonyl (C=O) groups excluding carboxylic acids is 1. The van der Waals surface area contributed by atoms with E-state index >= 15 is 0 Å². The van der Waals surface area contributed by atoms with E-state index in [0.717, 1.165) is 66.5 Å². The van der Waals surface area contributed by atoms with Crippen molar-refractivity contribution in [2.45, 2.75) is 40.0 Å². The van der Waals surface area contributed by atoms with Crippen LogP contribution in [0.3, 0.4) is 0 Å². The quantitative estimate of drug-likeness (QED) is 0.489. The van der Waals surface area contributed by atoms with E-state index in [1.165, 1.54) is 10.3 Å². The van der Waals surface area contributed by atoms with Gasteiger partial charge in [0.2, 0.25) is 5.91 Å². The fourth-order valence-electron chi connectivity index (χ4n) is 4.04. The molecule has 3 aromatic rings. The predicted molar refractivity (Wildman–Crippen MR) is 128 cm³/mol. The summed E-state index contributed by atoms with van der Waals surface area (Å²) < 4.78 is 7.19. The second-order valence-electron chi connectivity index (χ2n) is 8.19. The van der Waals surface area contributed by atoms with Crippen molar-refractivity contribution in [2.24, 2.45) is 0 Å². The number of para-hydroxylation sites is 1. The van der Waals surface area contributed by atoms with E-state index in [9.17, 15) is 4.79 Å². The molecule has 0 saturated carbocycles. The zero-order valence-corrected chi connectivity index (χ0v) is 19.5. The van der Waals surface area contributed by atoms with E-state index in [1.807, 2.05) is 11.0 Å². The van der Waals surface area contributed by atoms with Crippen molar-refractivity contribution >= 4 is 32.6 Å². The lowest BCUT2D eigenvalue weighted by molar-refractivity contribution is -0.131. The van der Waals surface area contributed by atoms with Crippen molar-refractivity contribution in [2.75, 3.05) is 37.7 Å². The van der Waals surface area contributed by atoms with Crippen LogP contribution in [0.2, 0.25) is 0 Å². The molecule has 0 unspecified atom stereocenters. The van der Waals surface area contributed by atoms with Crippen molar-refractivity contribution in [3.05, 3.63) is 53.1 Å². The number of benzene rings is 2. The number of piperazine rings is 1. The molecule has 6 heteroatoms. The Morgan fingerprint density at radius 1 is 1.10 bits per heavy atom. The van der Waals surface area contributed by atoms with Gasteiger partial charge >= 0.3 is 0 Å². The summed E-state index contributed by atoms with van der Waals surface area (Å²) in [5.41, 5.74) is 4.70. The van der Waals surface area contributed by atoms with Crippen molar-refractivity contribution in [1.29, 1.82) is 0 Å². The monoisotopic (exact) mass is 437 g/mol. The number of carbonyl (C=O) groups is 1. The van der Waals surface area contributed by atoms with E-state index in [4.69, 9.17) is 9.72 Å². The van der Waals surface area contributed by atoms with Gasteiger partial charge in [0, 0.05) is 32.6 Å². The Morgan fingerprint density at radius 3 is 2.55 bits per heavy atom. The largest absolute Gasteiger partial charge is 0.493 e. The third-order valence-corrected chi connectivity index (χ3v) is 7.02. The number of rotatable bonds is 7.